The molecule has 1 rings (SSSR count). The number of hydrogen-bond acceptors (Lipinski definition) is 2. The smallest absolute Gasteiger partial charge is 0.225 e. The first-order valence-electron chi connectivity index (χ1n) is 2.93. The lowest BCUT2D eigenvalue weighted by Crippen LogP contribution is -1.85. The molecule has 0 saturated carbocycles. The van der Waals surface area contributed by atoms with Gasteiger partial charge in [0.2, 0.25) is 5.88 Å². The van der Waals surface area contributed by atoms with Gasteiger partial charge in [0.25, 0.3) is 0 Å². The molecule has 0 aliphatic heterocycles. The zero-order valence-corrected chi connectivity index (χ0v) is 7.44. The van der Waals surface area contributed by atoms with Crippen LogP contribution in [-0.2, 0) is 0 Å². The second-order valence-electron chi connectivity index (χ2n) is 2.20. The fourth-order valence-electron chi connectivity index (χ4n) is 0.652. The number of rotatable bonds is 0. The molecular weight excluding hydrogens is 194 g/mol. The summed E-state index contributed by atoms with van der Waals surface area (Å²) < 4.78 is 0.688. The molecule has 2 nitrogen and oxygen atoms in total. The number of nitrogens with zero attached hydrogens (tertiary/aromatic N) is 1. The van der Waals surface area contributed by atoms with Gasteiger partial charge in [0, 0.05) is 6.20 Å². The standard InChI is InChI=1S/C7H8BrNO/c1-4-3-9-7(10)6(8)5(4)2/h3H,1-2H3,(H,9,10). The minimum absolute atomic E-state index is 0.0584. The number of aryl methyl sites for hydroxylation is 1. The van der Waals surface area contributed by atoms with Gasteiger partial charge < -0.3 is 5.11 Å². The quantitative estimate of drug-likeness (QED) is 0.699. The van der Waals surface area contributed by atoms with E-state index < -0.39 is 0 Å². The van der Waals surface area contributed by atoms with Crippen LogP contribution in [0.25, 0.3) is 0 Å². The Morgan fingerprint density at radius 1 is 1.50 bits per heavy atom. The van der Waals surface area contributed by atoms with E-state index in [4.69, 9.17) is 5.11 Å². The van der Waals surface area contributed by atoms with Gasteiger partial charge in [-0.3, -0.25) is 0 Å². The van der Waals surface area contributed by atoms with Crippen LogP contribution in [0.15, 0.2) is 10.7 Å². The zero-order chi connectivity index (χ0) is 7.72. The van der Waals surface area contributed by atoms with E-state index in [9.17, 15) is 0 Å². The topological polar surface area (TPSA) is 33.1 Å². The summed E-state index contributed by atoms with van der Waals surface area (Å²) in [4.78, 5) is 3.75. The lowest BCUT2D eigenvalue weighted by Gasteiger charge is -2.01. The van der Waals surface area contributed by atoms with E-state index in [-0.39, 0.29) is 5.88 Å². The van der Waals surface area contributed by atoms with Crippen molar-refractivity contribution in [2.75, 3.05) is 0 Å². The van der Waals surface area contributed by atoms with Crippen molar-refractivity contribution >= 4 is 15.9 Å². The summed E-state index contributed by atoms with van der Waals surface area (Å²) >= 11 is 3.22. The molecule has 54 valence electrons. The van der Waals surface area contributed by atoms with Gasteiger partial charge in [0.05, 0.1) is 4.47 Å². The van der Waals surface area contributed by atoms with Crippen molar-refractivity contribution in [3.8, 4) is 5.88 Å². The van der Waals surface area contributed by atoms with E-state index in [1.54, 1.807) is 6.20 Å². The third kappa shape index (κ3) is 1.14. The average molecular weight is 202 g/mol. The van der Waals surface area contributed by atoms with Gasteiger partial charge in [-0.1, -0.05) is 0 Å². The van der Waals surface area contributed by atoms with Gasteiger partial charge in [-0.05, 0) is 40.9 Å². The summed E-state index contributed by atoms with van der Waals surface area (Å²) in [6, 6.07) is 0. The highest BCUT2D eigenvalue weighted by Gasteiger charge is 2.03. The first kappa shape index (κ1) is 7.54. The van der Waals surface area contributed by atoms with Crippen molar-refractivity contribution in [1.29, 1.82) is 0 Å². The molecule has 0 unspecified atom stereocenters. The SMILES string of the molecule is Cc1cnc(O)c(Br)c1C. The number of pyridine rings is 1. The van der Waals surface area contributed by atoms with Crippen LogP contribution in [0.1, 0.15) is 11.1 Å². The molecule has 0 amide bonds. The molecule has 0 aliphatic rings. The van der Waals surface area contributed by atoms with Crippen molar-refractivity contribution in [3.63, 3.8) is 0 Å². The Morgan fingerprint density at radius 2 is 2.10 bits per heavy atom. The summed E-state index contributed by atoms with van der Waals surface area (Å²) in [5, 5.41) is 9.07. The highest BCUT2D eigenvalue weighted by Crippen LogP contribution is 2.26. The van der Waals surface area contributed by atoms with Crippen molar-refractivity contribution in [2.45, 2.75) is 13.8 Å². The largest absolute Gasteiger partial charge is 0.492 e. The minimum atomic E-state index is 0.0584. The maximum absolute atomic E-state index is 9.07. The highest BCUT2D eigenvalue weighted by atomic mass is 79.9. The molecule has 1 aromatic heterocycles. The van der Waals surface area contributed by atoms with Crippen LogP contribution in [0.4, 0.5) is 0 Å². The average Bonchev–Trinajstić information content (AvgIpc) is 1.93. The molecule has 0 aromatic carbocycles. The van der Waals surface area contributed by atoms with Gasteiger partial charge in [0.15, 0.2) is 0 Å². The monoisotopic (exact) mass is 201 g/mol. The van der Waals surface area contributed by atoms with Crippen LogP contribution >= 0.6 is 15.9 Å². The third-order valence-corrected chi connectivity index (χ3v) is 2.45. The van der Waals surface area contributed by atoms with Gasteiger partial charge in [-0.25, -0.2) is 4.98 Å². The molecule has 0 spiro atoms. The van der Waals surface area contributed by atoms with Crippen molar-refractivity contribution in [2.24, 2.45) is 0 Å². The lowest BCUT2D eigenvalue weighted by atomic mass is 10.2. The number of halogens is 1. The predicted octanol–water partition coefficient (Wildman–Crippen LogP) is 2.17. The summed E-state index contributed by atoms with van der Waals surface area (Å²) in [6.45, 7) is 3.88. The Labute approximate surface area is 68.0 Å². The second-order valence-corrected chi connectivity index (χ2v) is 3.00. The number of aromatic hydroxyl groups is 1. The van der Waals surface area contributed by atoms with Gasteiger partial charge in [0.1, 0.15) is 0 Å². The van der Waals surface area contributed by atoms with Crippen LogP contribution in [0.3, 0.4) is 0 Å². The minimum Gasteiger partial charge on any atom is -0.492 e. The van der Waals surface area contributed by atoms with Gasteiger partial charge in [-0.2, -0.15) is 0 Å². The molecule has 1 N–H and O–H groups in total. The fourth-order valence-corrected chi connectivity index (χ4v) is 1.07. The lowest BCUT2D eigenvalue weighted by molar-refractivity contribution is 0.449. The molecule has 3 heteroatoms. The number of hydrogen-bond donors (Lipinski definition) is 1. The van der Waals surface area contributed by atoms with Crippen LogP contribution in [0.2, 0.25) is 0 Å². The molecule has 0 atom stereocenters. The molecule has 0 aliphatic carbocycles. The van der Waals surface area contributed by atoms with E-state index in [0.717, 1.165) is 11.1 Å². The Bertz CT molecular complexity index is 233. The summed E-state index contributed by atoms with van der Waals surface area (Å²) in [6.07, 6.45) is 1.65. The Kier molecular flexibility index (Phi) is 1.94. The van der Waals surface area contributed by atoms with Crippen LogP contribution in [-0.4, -0.2) is 10.1 Å². The summed E-state index contributed by atoms with van der Waals surface area (Å²) in [5.74, 6) is 0.0584. The molecule has 0 radical (unpaired) electrons. The molecule has 1 aromatic rings. The van der Waals surface area contributed by atoms with Crippen molar-refractivity contribution in [3.05, 3.63) is 21.8 Å². The van der Waals surface area contributed by atoms with E-state index in [2.05, 4.69) is 20.9 Å². The molecule has 0 fully saturated rings. The zero-order valence-electron chi connectivity index (χ0n) is 5.85. The molecule has 0 bridgehead atoms. The molecular formula is C7H8BrNO. The van der Waals surface area contributed by atoms with E-state index >= 15 is 0 Å². The van der Waals surface area contributed by atoms with Gasteiger partial charge >= 0.3 is 0 Å². The van der Waals surface area contributed by atoms with Gasteiger partial charge in [-0.15, -0.1) is 0 Å². The molecule has 1 heterocycles. The first-order chi connectivity index (χ1) is 4.63. The summed E-state index contributed by atoms with van der Waals surface area (Å²) in [5.41, 5.74) is 2.11. The molecule has 0 saturated heterocycles. The van der Waals surface area contributed by atoms with Crippen LogP contribution < -0.4 is 0 Å². The van der Waals surface area contributed by atoms with E-state index in [1.165, 1.54) is 0 Å². The predicted molar refractivity (Wildman–Crippen MR) is 43.1 cm³/mol. The van der Waals surface area contributed by atoms with E-state index in [0.29, 0.717) is 4.47 Å². The Morgan fingerprint density at radius 3 is 2.60 bits per heavy atom. The highest BCUT2D eigenvalue weighted by molar-refractivity contribution is 9.10. The summed E-state index contributed by atoms with van der Waals surface area (Å²) in [7, 11) is 0. The Hall–Kier alpha value is -0.570. The molecule has 10 heavy (non-hydrogen) atoms. The maximum atomic E-state index is 9.07. The normalized spacial score (nSPS) is 9.90. The first-order valence-corrected chi connectivity index (χ1v) is 3.73. The van der Waals surface area contributed by atoms with Crippen LogP contribution in [0, 0.1) is 13.8 Å². The second kappa shape index (κ2) is 2.58. The van der Waals surface area contributed by atoms with Crippen molar-refractivity contribution < 1.29 is 5.11 Å². The number of aromatic nitrogens is 1. The van der Waals surface area contributed by atoms with Crippen LogP contribution in [0.5, 0.6) is 5.88 Å². The Balaban J connectivity index is 3.34. The van der Waals surface area contributed by atoms with Crippen molar-refractivity contribution in [1.82, 2.24) is 4.98 Å². The maximum Gasteiger partial charge on any atom is 0.225 e. The van der Waals surface area contributed by atoms with E-state index in [1.807, 2.05) is 13.8 Å². The third-order valence-electron chi connectivity index (χ3n) is 1.50. The fraction of sp³-hybridized carbons (Fsp3) is 0.286.